The SMILES string of the molecule is CC1NCC(S(=O)(=O)N2C/C=C\CN3C(C2)[C@H](C2CCC(Br)CC2)[C@H]3COC(c2ccccc2)(c2ccccc2)c2ccccc2)N1C. The molecule has 5 atom stereocenters. The van der Waals surface area contributed by atoms with Crippen molar-refractivity contribution in [2.24, 2.45) is 11.8 Å². The highest BCUT2D eigenvalue weighted by atomic mass is 79.9. The Morgan fingerprint density at radius 2 is 1.38 bits per heavy atom. The molecule has 3 unspecified atom stereocenters. The van der Waals surface area contributed by atoms with E-state index in [0.717, 1.165) is 48.9 Å². The van der Waals surface area contributed by atoms with Crippen molar-refractivity contribution >= 4 is 26.0 Å². The molecular weight excluding hydrogens is 684 g/mol. The molecule has 3 aromatic carbocycles. The van der Waals surface area contributed by atoms with Crippen molar-refractivity contribution in [2.45, 2.75) is 66.7 Å². The standard InChI is InChI=1S/C39H49BrN4O3S/c1-29-41-26-37(42(29)2)48(45,46)43-24-12-13-25-44-35(27-43)38(30-20-22-34(40)23-21-30)36(44)28-47-39(31-14-6-3-7-15-31,32-16-8-4-9-17-32)33-18-10-5-11-19-33/h3-19,29-30,34-38,41H,20-28H2,1-2H3/b13-12-/t29?,30?,34?,35?,36-,37?,38+/m1/s1. The second kappa shape index (κ2) is 14.5. The maximum Gasteiger partial charge on any atom is 0.232 e. The maximum absolute atomic E-state index is 14.2. The maximum atomic E-state index is 14.2. The fourth-order valence-corrected chi connectivity index (χ4v) is 11.2. The molecule has 0 spiro atoms. The summed E-state index contributed by atoms with van der Waals surface area (Å²) in [6.45, 7) is 4.76. The van der Waals surface area contributed by atoms with Crippen LogP contribution in [0.4, 0.5) is 0 Å². The Morgan fingerprint density at radius 1 is 0.833 bits per heavy atom. The van der Waals surface area contributed by atoms with E-state index in [-0.39, 0.29) is 18.2 Å². The summed E-state index contributed by atoms with van der Waals surface area (Å²) in [4.78, 5) is 5.05. The van der Waals surface area contributed by atoms with Gasteiger partial charge in [0.15, 0.2) is 0 Å². The van der Waals surface area contributed by atoms with Crippen LogP contribution < -0.4 is 5.32 Å². The van der Waals surface area contributed by atoms with Gasteiger partial charge in [-0.25, -0.2) is 8.42 Å². The Hall–Kier alpha value is -2.37. The number of hydrogen-bond acceptors (Lipinski definition) is 6. The number of sulfonamides is 1. The first-order valence-corrected chi connectivity index (χ1v) is 20.0. The largest absolute Gasteiger partial charge is 0.359 e. The number of fused-ring (bicyclic) bond motifs is 1. The summed E-state index contributed by atoms with van der Waals surface area (Å²) in [7, 11) is -1.64. The second-order valence-electron chi connectivity index (χ2n) is 14.0. The van der Waals surface area contributed by atoms with E-state index >= 15 is 0 Å². The van der Waals surface area contributed by atoms with Crippen molar-refractivity contribution in [3.63, 3.8) is 0 Å². The molecule has 3 aliphatic heterocycles. The summed E-state index contributed by atoms with van der Waals surface area (Å²) in [5, 5.41) is 2.78. The number of alkyl halides is 1. The van der Waals surface area contributed by atoms with Crippen LogP contribution in [0.3, 0.4) is 0 Å². The molecule has 0 aromatic heterocycles. The number of hydrogen-bond donors (Lipinski definition) is 1. The Kier molecular flexibility index (Phi) is 10.3. The minimum Gasteiger partial charge on any atom is -0.359 e. The third kappa shape index (κ3) is 6.36. The van der Waals surface area contributed by atoms with Gasteiger partial charge in [-0.05, 0) is 68.2 Å². The first-order chi connectivity index (χ1) is 23.3. The lowest BCUT2D eigenvalue weighted by atomic mass is 9.66. The van der Waals surface area contributed by atoms with Gasteiger partial charge in [0.1, 0.15) is 11.0 Å². The van der Waals surface area contributed by atoms with E-state index < -0.39 is 21.0 Å². The summed E-state index contributed by atoms with van der Waals surface area (Å²) in [5.74, 6) is 0.865. The minimum atomic E-state index is -3.55. The average molecular weight is 734 g/mol. The molecule has 0 radical (unpaired) electrons. The van der Waals surface area contributed by atoms with Gasteiger partial charge in [0.25, 0.3) is 0 Å². The van der Waals surface area contributed by atoms with Gasteiger partial charge in [-0.1, -0.05) is 119 Å². The Balaban J connectivity index is 1.23. The van der Waals surface area contributed by atoms with E-state index in [9.17, 15) is 8.42 Å². The fourth-order valence-electron chi connectivity index (χ4n) is 8.79. The molecule has 1 N–H and O–H groups in total. The van der Waals surface area contributed by atoms with E-state index in [1.807, 2.05) is 24.9 Å². The zero-order valence-corrected chi connectivity index (χ0v) is 30.5. The molecule has 1 saturated carbocycles. The van der Waals surface area contributed by atoms with Crippen LogP contribution >= 0.6 is 15.9 Å². The smallest absolute Gasteiger partial charge is 0.232 e. The molecule has 3 heterocycles. The van der Waals surface area contributed by atoms with E-state index in [1.54, 1.807) is 4.31 Å². The van der Waals surface area contributed by atoms with E-state index in [0.29, 0.717) is 42.9 Å². The Morgan fingerprint density at radius 3 is 1.90 bits per heavy atom. The van der Waals surface area contributed by atoms with Crippen molar-refractivity contribution in [1.29, 1.82) is 0 Å². The highest BCUT2D eigenvalue weighted by Gasteiger charge is 2.54. The van der Waals surface area contributed by atoms with Crippen LogP contribution in [0.15, 0.2) is 103 Å². The molecule has 48 heavy (non-hydrogen) atoms. The number of nitrogens with zero attached hydrogens (tertiary/aromatic N) is 3. The summed E-state index contributed by atoms with van der Waals surface area (Å²) >= 11 is 3.89. The molecule has 4 aliphatic rings. The van der Waals surface area contributed by atoms with Gasteiger partial charge in [-0.15, -0.1) is 0 Å². The molecule has 256 valence electrons. The number of likely N-dealkylation sites (N-methyl/N-ethyl adjacent to an activating group) is 1. The summed E-state index contributed by atoms with van der Waals surface area (Å²) in [6.07, 6.45) is 8.86. The molecule has 1 aliphatic carbocycles. The predicted molar refractivity (Wildman–Crippen MR) is 196 cm³/mol. The normalized spacial score (nSPS) is 31.4. The number of rotatable bonds is 9. The number of nitrogens with one attached hydrogen (secondary N) is 1. The lowest BCUT2D eigenvalue weighted by Gasteiger charge is -2.60. The summed E-state index contributed by atoms with van der Waals surface area (Å²) in [5.41, 5.74) is 2.51. The predicted octanol–water partition coefficient (Wildman–Crippen LogP) is 6.03. The van der Waals surface area contributed by atoms with Crippen LogP contribution in [-0.2, 0) is 20.4 Å². The number of ether oxygens (including phenoxy) is 1. The molecule has 3 aromatic rings. The Labute approximate surface area is 295 Å². The van der Waals surface area contributed by atoms with Gasteiger partial charge in [0, 0.05) is 43.1 Å². The van der Waals surface area contributed by atoms with Crippen LogP contribution in [0, 0.1) is 11.8 Å². The van der Waals surface area contributed by atoms with Crippen LogP contribution in [0.1, 0.15) is 49.3 Å². The molecule has 0 amide bonds. The summed E-state index contributed by atoms with van der Waals surface area (Å²) in [6, 6.07) is 32.1. The zero-order chi connectivity index (χ0) is 33.3. The molecule has 2 saturated heterocycles. The lowest BCUT2D eigenvalue weighted by Crippen LogP contribution is -2.71. The first kappa shape index (κ1) is 34.1. The van der Waals surface area contributed by atoms with Crippen molar-refractivity contribution in [1.82, 2.24) is 19.4 Å². The van der Waals surface area contributed by atoms with Crippen molar-refractivity contribution in [3.8, 4) is 0 Å². The van der Waals surface area contributed by atoms with Gasteiger partial charge in [0.05, 0.1) is 12.8 Å². The van der Waals surface area contributed by atoms with Gasteiger partial charge < -0.3 is 4.74 Å². The van der Waals surface area contributed by atoms with Crippen molar-refractivity contribution in [3.05, 3.63) is 120 Å². The third-order valence-electron chi connectivity index (χ3n) is 11.5. The first-order valence-electron chi connectivity index (χ1n) is 17.6. The molecular formula is C39H49BrN4O3S. The third-order valence-corrected chi connectivity index (χ3v) is 14.7. The average Bonchev–Trinajstić information content (AvgIpc) is 3.45. The second-order valence-corrected chi connectivity index (χ2v) is 17.4. The van der Waals surface area contributed by atoms with Crippen LogP contribution in [0.25, 0.3) is 0 Å². The molecule has 9 heteroatoms. The van der Waals surface area contributed by atoms with E-state index in [2.05, 4.69) is 123 Å². The van der Waals surface area contributed by atoms with Gasteiger partial charge in [0.2, 0.25) is 10.0 Å². The topological polar surface area (TPSA) is 65.1 Å². The van der Waals surface area contributed by atoms with Gasteiger partial charge >= 0.3 is 0 Å². The lowest BCUT2D eigenvalue weighted by molar-refractivity contribution is -0.139. The quantitative estimate of drug-likeness (QED) is 0.165. The van der Waals surface area contributed by atoms with Crippen molar-refractivity contribution in [2.75, 3.05) is 39.8 Å². The van der Waals surface area contributed by atoms with E-state index in [4.69, 9.17) is 4.74 Å². The molecule has 7 rings (SSSR count). The highest BCUT2D eigenvalue weighted by molar-refractivity contribution is 9.09. The van der Waals surface area contributed by atoms with Gasteiger partial charge in [-0.2, -0.15) is 4.31 Å². The highest BCUT2D eigenvalue weighted by Crippen LogP contribution is 2.48. The van der Waals surface area contributed by atoms with Gasteiger partial charge in [-0.3, -0.25) is 15.1 Å². The molecule has 7 nitrogen and oxygen atoms in total. The minimum absolute atomic E-state index is 0.0306. The van der Waals surface area contributed by atoms with Crippen LogP contribution in [-0.4, -0.2) is 90.8 Å². The van der Waals surface area contributed by atoms with E-state index in [1.165, 1.54) is 0 Å². The monoisotopic (exact) mass is 732 g/mol. The van der Waals surface area contributed by atoms with Crippen LogP contribution in [0.2, 0.25) is 0 Å². The fraction of sp³-hybridized carbons (Fsp3) is 0.487. The van der Waals surface area contributed by atoms with Crippen molar-refractivity contribution < 1.29 is 13.2 Å². The molecule has 3 fully saturated rings. The number of benzene rings is 3. The zero-order valence-electron chi connectivity index (χ0n) is 28.1. The molecule has 0 bridgehead atoms. The Bertz CT molecular complexity index is 1540. The summed E-state index contributed by atoms with van der Waals surface area (Å²) < 4.78 is 37.6. The number of halogens is 1. The van der Waals surface area contributed by atoms with Crippen LogP contribution in [0.5, 0.6) is 0 Å².